The predicted octanol–water partition coefficient (Wildman–Crippen LogP) is 6.68. The molecule has 6 nitrogen and oxygen atoms in total. The number of halogens is 2. The van der Waals surface area contributed by atoms with E-state index < -0.39 is 17.6 Å². The van der Waals surface area contributed by atoms with Crippen LogP contribution in [-0.4, -0.2) is 23.5 Å². The second-order valence-corrected chi connectivity index (χ2v) is 10.1. The molecule has 4 rings (SSSR count). The second kappa shape index (κ2) is 13.0. The lowest BCUT2D eigenvalue weighted by Gasteiger charge is -2.11. The lowest BCUT2D eigenvalue weighted by molar-refractivity contribution is -0.114. The molecule has 1 aromatic heterocycles. The highest BCUT2D eigenvalue weighted by molar-refractivity contribution is 8.00. The predicted molar refractivity (Wildman–Crippen MR) is 152 cm³/mol. The number of hydrogen-bond donors (Lipinski definition) is 3. The number of rotatable bonds is 9. The van der Waals surface area contributed by atoms with Crippen molar-refractivity contribution in [2.45, 2.75) is 4.90 Å². The molecule has 0 aliphatic carbocycles. The van der Waals surface area contributed by atoms with Crippen molar-refractivity contribution in [2.24, 2.45) is 0 Å². The molecule has 3 amide bonds. The van der Waals surface area contributed by atoms with E-state index in [0.29, 0.717) is 16.9 Å². The molecule has 0 bridgehead atoms. The van der Waals surface area contributed by atoms with Gasteiger partial charge in [0.25, 0.3) is 11.8 Å². The van der Waals surface area contributed by atoms with Gasteiger partial charge in [-0.1, -0.05) is 29.8 Å². The molecule has 10 heteroatoms. The fraction of sp³-hybridized carbons (Fsp3) is 0.0357. The number of hydrogen-bond acceptors (Lipinski definition) is 5. The van der Waals surface area contributed by atoms with E-state index in [4.69, 9.17) is 11.6 Å². The minimum Gasteiger partial charge on any atom is -0.325 e. The zero-order valence-electron chi connectivity index (χ0n) is 19.7. The van der Waals surface area contributed by atoms with E-state index in [9.17, 15) is 18.8 Å². The van der Waals surface area contributed by atoms with Gasteiger partial charge in [0.1, 0.15) is 11.5 Å². The van der Waals surface area contributed by atoms with Gasteiger partial charge in [0, 0.05) is 21.8 Å². The first kappa shape index (κ1) is 27.1. The fourth-order valence-electron chi connectivity index (χ4n) is 3.22. The van der Waals surface area contributed by atoms with Crippen LogP contribution in [-0.2, 0) is 9.59 Å². The van der Waals surface area contributed by atoms with Gasteiger partial charge in [0.15, 0.2) is 0 Å². The molecule has 0 radical (unpaired) electrons. The second-order valence-electron chi connectivity index (χ2n) is 7.88. The van der Waals surface area contributed by atoms with Crippen molar-refractivity contribution < 1.29 is 18.8 Å². The minimum absolute atomic E-state index is 0.0685. The number of carbonyl (C=O) groups is 3. The third-order valence-electron chi connectivity index (χ3n) is 5.07. The molecule has 0 spiro atoms. The summed E-state index contributed by atoms with van der Waals surface area (Å²) in [5.74, 6) is -1.57. The van der Waals surface area contributed by atoms with E-state index in [0.717, 1.165) is 10.5 Å². The summed E-state index contributed by atoms with van der Waals surface area (Å²) in [6, 6.07) is 21.4. The Morgan fingerprint density at radius 3 is 2.34 bits per heavy atom. The van der Waals surface area contributed by atoms with Crippen molar-refractivity contribution in [1.82, 2.24) is 5.32 Å². The first-order valence-electron chi connectivity index (χ1n) is 11.3. The number of carbonyl (C=O) groups excluding carboxylic acids is 3. The van der Waals surface area contributed by atoms with Crippen molar-refractivity contribution >= 4 is 69.9 Å². The highest BCUT2D eigenvalue weighted by Crippen LogP contribution is 2.23. The molecule has 0 atom stereocenters. The van der Waals surface area contributed by atoms with Crippen LogP contribution in [0.4, 0.5) is 15.8 Å². The van der Waals surface area contributed by atoms with E-state index in [-0.39, 0.29) is 22.4 Å². The lowest BCUT2D eigenvalue weighted by atomic mass is 10.2. The highest BCUT2D eigenvalue weighted by Gasteiger charge is 2.15. The molecular formula is C28H21ClFN3O3S2. The zero-order chi connectivity index (χ0) is 26.9. The van der Waals surface area contributed by atoms with E-state index in [1.54, 1.807) is 54.6 Å². The van der Waals surface area contributed by atoms with Gasteiger partial charge in [0.2, 0.25) is 5.91 Å². The van der Waals surface area contributed by atoms with Crippen molar-refractivity contribution in [3.8, 4) is 0 Å². The Morgan fingerprint density at radius 2 is 1.66 bits per heavy atom. The van der Waals surface area contributed by atoms with Gasteiger partial charge in [0.05, 0.1) is 10.8 Å². The average molecular weight is 566 g/mol. The topological polar surface area (TPSA) is 87.3 Å². The number of nitrogens with one attached hydrogen (secondary N) is 3. The molecule has 1 heterocycles. The summed E-state index contributed by atoms with van der Waals surface area (Å²) >= 11 is 8.52. The van der Waals surface area contributed by atoms with Gasteiger partial charge in [-0.05, 0) is 83.1 Å². The molecule has 192 valence electrons. The molecule has 38 heavy (non-hydrogen) atoms. The summed E-state index contributed by atoms with van der Waals surface area (Å²) in [7, 11) is 0. The van der Waals surface area contributed by atoms with Gasteiger partial charge < -0.3 is 16.0 Å². The fourth-order valence-corrected chi connectivity index (χ4v) is 4.72. The molecule has 4 aromatic rings. The summed E-state index contributed by atoms with van der Waals surface area (Å²) in [5.41, 5.74) is 2.26. The number of amides is 3. The van der Waals surface area contributed by atoms with Gasteiger partial charge in [-0.2, -0.15) is 11.3 Å². The van der Waals surface area contributed by atoms with Crippen LogP contribution in [0.1, 0.15) is 15.9 Å². The Kier molecular flexibility index (Phi) is 9.31. The van der Waals surface area contributed by atoms with Crippen LogP contribution in [0.5, 0.6) is 0 Å². The van der Waals surface area contributed by atoms with Gasteiger partial charge in [-0.3, -0.25) is 14.4 Å². The molecule has 0 saturated carbocycles. The Bertz CT molecular complexity index is 1460. The first-order valence-corrected chi connectivity index (χ1v) is 13.6. The highest BCUT2D eigenvalue weighted by atomic mass is 35.5. The van der Waals surface area contributed by atoms with Crippen LogP contribution < -0.4 is 16.0 Å². The molecule has 0 aliphatic rings. The summed E-state index contributed by atoms with van der Waals surface area (Å²) in [6.07, 6.45) is 1.61. The van der Waals surface area contributed by atoms with Crippen LogP contribution in [0, 0.1) is 5.82 Å². The number of anilines is 2. The maximum absolute atomic E-state index is 13.3. The molecular weight excluding hydrogens is 545 g/mol. The number of thioether (sulfide) groups is 1. The molecule has 0 saturated heterocycles. The number of thiophene rings is 1. The molecule has 0 aliphatic heterocycles. The largest absolute Gasteiger partial charge is 0.325 e. The van der Waals surface area contributed by atoms with Crippen molar-refractivity contribution in [3.05, 3.63) is 117 Å². The van der Waals surface area contributed by atoms with E-state index in [1.807, 2.05) is 22.9 Å². The quantitative estimate of drug-likeness (QED) is 0.156. The molecule has 0 unspecified atom stereocenters. The Balaban J connectivity index is 1.36. The summed E-state index contributed by atoms with van der Waals surface area (Å²) in [6.45, 7) is 0. The molecule has 0 fully saturated rings. The van der Waals surface area contributed by atoms with Crippen LogP contribution in [0.15, 0.2) is 100 Å². The number of benzene rings is 3. The first-order chi connectivity index (χ1) is 18.4. The van der Waals surface area contributed by atoms with Gasteiger partial charge in [-0.25, -0.2) is 4.39 Å². The van der Waals surface area contributed by atoms with Crippen molar-refractivity contribution in [2.75, 3.05) is 16.4 Å². The maximum atomic E-state index is 13.3. The lowest BCUT2D eigenvalue weighted by Crippen LogP contribution is -2.30. The van der Waals surface area contributed by atoms with Crippen molar-refractivity contribution in [3.63, 3.8) is 0 Å². The van der Waals surface area contributed by atoms with Crippen LogP contribution in [0.2, 0.25) is 5.02 Å². The normalized spacial score (nSPS) is 11.1. The van der Waals surface area contributed by atoms with E-state index in [1.165, 1.54) is 41.3 Å². The maximum Gasteiger partial charge on any atom is 0.272 e. The Labute approximate surface area is 231 Å². The Morgan fingerprint density at radius 1 is 0.921 bits per heavy atom. The third-order valence-corrected chi connectivity index (χ3v) is 7.07. The SMILES string of the molecule is O=C(CSc1ccc(NC(=O)/C(=C/c2ccsc2)NC(=O)c2ccccc2)cc1)Nc1ccc(F)c(Cl)c1. The average Bonchev–Trinajstić information content (AvgIpc) is 3.44. The standard InChI is InChI=1S/C28H21ClFN3O3S2/c29-23-15-21(8-11-24(23)30)31-26(34)17-38-22-9-6-20(7-10-22)32-28(36)25(14-18-12-13-37-16-18)33-27(35)19-4-2-1-3-5-19/h1-16H,17H2,(H,31,34)(H,32,36)(H,33,35)/b25-14-. The zero-order valence-corrected chi connectivity index (χ0v) is 22.1. The van der Waals surface area contributed by atoms with E-state index in [2.05, 4.69) is 16.0 Å². The Hall–Kier alpha value is -3.92. The van der Waals surface area contributed by atoms with Crippen LogP contribution in [0.25, 0.3) is 6.08 Å². The minimum atomic E-state index is -0.557. The molecule has 3 N–H and O–H groups in total. The van der Waals surface area contributed by atoms with Crippen LogP contribution >= 0.6 is 34.7 Å². The smallest absolute Gasteiger partial charge is 0.272 e. The third kappa shape index (κ3) is 7.79. The van der Waals surface area contributed by atoms with Gasteiger partial charge in [-0.15, -0.1) is 11.8 Å². The van der Waals surface area contributed by atoms with Crippen molar-refractivity contribution in [1.29, 1.82) is 0 Å². The van der Waals surface area contributed by atoms with Gasteiger partial charge >= 0.3 is 0 Å². The monoisotopic (exact) mass is 565 g/mol. The summed E-state index contributed by atoms with van der Waals surface area (Å²) in [5, 5.41) is 11.8. The summed E-state index contributed by atoms with van der Waals surface area (Å²) in [4.78, 5) is 38.7. The van der Waals surface area contributed by atoms with Crippen LogP contribution in [0.3, 0.4) is 0 Å². The van der Waals surface area contributed by atoms with E-state index >= 15 is 0 Å². The summed E-state index contributed by atoms with van der Waals surface area (Å²) < 4.78 is 13.3. The molecule has 3 aromatic carbocycles.